The average molecular weight is 290 g/mol. The van der Waals surface area contributed by atoms with Gasteiger partial charge in [0.05, 0.1) is 11.1 Å². The van der Waals surface area contributed by atoms with Crippen LogP contribution in [-0.2, 0) is 12.4 Å². The summed E-state index contributed by atoms with van der Waals surface area (Å²) in [7, 11) is 0. The summed E-state index contributed by atoms with van der Waals surface area (Å²) in [5.41, 5.74) is -2.84. The van der Waals surface area contributed by atoms with Crippen molar-refractivity contribution in [3.8, 4) is 11.1 Å². The van der Waals surface area contributed by atoms with Crippen LogP contribution in [0.5, 0.6) is 0 Å². The van der Waals surface area contributed by atoms with Gasteiger partial charge in [0.1, 0.15) is 0 Å². The topological polar surface area (TPSA) is 0 Å². The Morgan fingerprint density at radius 3 is 1.60 bits per heavy atom. The van der Waals surface area contributed by atoms with E-state index in [9.17, 15) is 26.3 Å². The van der Waals surface area contributed by atoms with Gasteiger partial charge in [0, 0.05) is 0 Å². The maximum absolute atomic E-state index is 12.8. The third kappa shape index (κ3) is 2.95. The van der Waals surface area contributed by atoms with Gasteiger partial charge in [0.25, 0.3) is 0 Å². The Morgan fingerprint density at radius 2 is 1.10 bits per heavy atom. The first-order valence-corrected chi connectivity index (χ1v) is 5.53. The highest BCUT2D eigenvalue weighted by atomic mass is 19.4. The van der Waals surface area contributed by atoms with E-state index in [1.165, 1.54) is 12.1 Å². The molecule has 0 N–H and O–H groups in total. The summed E-state index contributed by atoms with van der Waals surface area (Å²) in [5.74, 6) is 0. The highest BCUT2D eigenvalue weighted by Crippen LogP contribution is 2.41. The molecule has 0 radical (unpaired) electrons. The fourth-order valence-corrected chi connectivity index (χ4v) is 1.84. The van der Waals surface area contributed by atoms with Crippen LogP contribution in [0.15, 0.2) is 48.5 Å². The summed E-state index contributed by atoms with van der Waals surface area (Å²) in [6, 6.07) is 9.95. The molecule has 0 bridgehead atoms. The zero-order valence-corrected chi connectivity index (χ0v) is 9.89. The van der Waals surface area contributed by atoms with Crippen molar-refractivity contribution in [2.24, 2.45) is 0 Å². The van der Waals surface area contributed by atoms with Crippen molar-refractivity contribution in [1.29, 1.82) is 0 Å². The zero-order valence-electron chi connectivity index (χ0n) is 9.89. The summed E-state index contributed by atoms with van der Waals surface area (Å²) in [6.45, 7) is 0. The van der Waals surface area contributed by atoms with Crippen molar-refractivity contribution in [1.82, 2.24) is 0 Å². The van der Waals surface area contributed by atoms with Crippen LogP contribution in [0.3, 0.4) is 0 Å². The second-order valence-electron chi connectivity index (χ2n) is 4.12. The van der Waals surface area contributed by atoms with Crippen LogP contribution in [0.25, 0.3) is 11.1 Å². The van der Waals surface area contributed by atoms with Crippen LogP contribution in [0.2, 0.25) is 0 Å². The lowest BCUT2D eigenvalue weighted by Crippen LogP contribution is -2.16. The molecule has 0 heterocycles. The molecular weight excluding hydrogens is 282 g/mol. The monoisotopic (exact) mass is 290 g/mol. The normalized spacial score (nSPS) is 12.5. The molecule has 2 aromatic carbocycles. The Labute approximate surface area is 110 Å². The molecule has 0 saturated carbocycles. The summed E-state index contributed by atoms with van der Waals surface area (Å²) in [4.78, 5) is 0. The van der Waals surface area contributed by atoms with Crippen molar-refractivity contribution in [2.75, 3.05) is 0 Å². The first kappa shape index (κ1) is 14.4. The van der Waals surface area contributed by atoms with Crippen molar-refractivity contribution in [2.45, 2.75) is 12.4 Å². The molecule has 0 aliphatic rings. The Bertz CT molecular complexity index is 595. The summed E-state index contributed by atoms with van der Waals surface area (Å²) >= 11 is 0. The Balaban J connectivity index is 2.62. The highest BCUT2D eigenvalue weighted by Gasteiger charge is 2.43. The second-order valence-corrected chi connectivity index (χ2v) is 4.12. The second kappa shape index (κ2) is 4.85. The minimum Gasteiger partial charge on any atom is -0.166 e. The fraction of sp³-hybridized carbons (Fsp3) is 0.143. The number of halogens is 6. The minimum atomic E-state index is -5.06. The van der Waals surface area contributed by atoms with Gasteiger partial charge in [-0.15, -0.1) is 0 Å². The minimum absolute atomic E-state index is 0.0888. The van der Waals surface area contributed by atoms with Gasteiger partial charge in [0.2, 0.25) is 0 Å². The molecule has 0 amide bonds. The Kier molecular flexibility index (Phi) is 3.50. The van der Waals surface area contributed by atoms with Crippen LogP contribution in [0, 0.1) is 0 Å². The Hall–Kier alpha value is -1.98. The standard InChI is InChI=1S/C14H8F6/c15-13(16,17)11-7-6-10(8-12(11)14(18,19)20)9-4-2-1-3-5-9/h1-8H. The SMILES string of the molecule is FC(F)(F)c1ccc(-c2ccccc2)cc1C(F)(F)F. The van der Waals surface area contributed by atoms with E-state index in [4.69, 9.17) is 0 Å². The van der Waals surface area contributed by atoms with E-state index >= 15 is 0 Å². The molecule has 6 heteroatoms. The highest BCUT2D eigenvalue weighted by molar-refractivity contribution is 5.65. The first-order valence-electron chi connectivity index (χ1n) is 5.53. The van der Waals surface area contributed by atoms with Gasteiger partial charge in [-0.1, -0.05) is 36.4 Å². The molecular formula is C14H8F6. The predicted molar refractivity (Wildman–Crippen MR) is 61.9 cm³/mol. The molecule has 0 spiro atoms. The molecule has 2 aromatic rings. The quantitative estimate of drug-likeness (QED) is 0.618. The summed E-state index contributed by atoms with van der Waals surface area (Å²) in [6.07, 6.45) is -10.1. The molecule has 2 rings (SSSR count). The zero-order chi connectivity index (χ0) is 15.0. The molecule has 0 aromatic heterocycles. The van der Waals surface area contributed by atoms with Crippen LogP contribution < -0.4 is 0 Å². The van der Waals surface area contributed by atoms with Gasteiger partial charge in [-0.3, -0.25) is 0 Å². The van der Waals surface area contributed by atoms with Crippen LogP contribution in [0.4, 0.5) is 26.3 Å². The number of benzene rings is 2. The van der Waals surface area contributed by atoms with E-state index in [0.29, 0.717) is 17.7 Å². The lowest BCUT2D eigenvalue weighted by molar-refractivity contribution is -0.162. The molecule has 20 heavy (non-hydrogen) atoms. The van der Waals surface area contributed by atoms with Gasteiger partial charge >= 0.3 is 12.4 Å². The van der Waals surface area contributed by atoms with Gasteiger partial charge in [0.15, 0.2) is 0 Å². The first-order chi connectivity index (χ1) is 9.19. The van der Waals surface area contributed by atoms with Gasteiger partial charge in [-0.25, -0.2) is 0 Å². The van der Waals surface area contributed by atoms with Crippen molar-refractivity contribution < 1.29 is 26.3 Å². The number of hydrogen-bond acceptors (Lipinski definition) is 0. The van der Waals surface area contributed by atoms with Crippen LogP contribution in [0.1, 0.15) is 11.1 Å². The number of rotatable bonds is 1. The molecule has 0 fully saturated rings. The lowest BCUT2D eigenvalue weighted by atomic mass is 9.98. The third-order valence-corrected chi connectivity index (χ3v) is 2.74. The maximum Gasteiger partial charge on any atom is 0.417 e. The predicted octanol–water partition coefficient (Wildman–Crippen LogP) is 5.39. The van der Waals surface area contributed by atoms with Crippen molar-refractivity contribution in [3.63, 3.8) is 0 Å². The van der Waals surface area contributed by atoms with Gasteiger partial charge in [-0.05, 0) is 23.3 Å². The van der Waals surface area contributed by atoms with Crippen LogP contribution >= 0.6 is 0 Å². The molecule has 0 unspecified atom stereocenters. The molecule has 0 saturated heterocycles. The average Bonchev–Trinajstić information content (AvgIpc) is 2.37. The lowest BCUT2D eigenvalue weighted by Gasteiger charge is -2.16. The maximum atomic E-state index is 12.8. The van der Waals surface area contributed by atoms with Crippen molar-refractivity contribution >= 4 is 0 Å². The number of alkyl halides is 6. The third-order valence-electron chi connectivity index (χ3n) is 2.74. The van der Waals surface area contributed by atoms with Gasteiger partial charge in [-0.2, -0.15) is 26.3 Å². The smallest absolute Gasteiger partial charge is 0.166 e. The molecule has 0 atom stereocenters. The number of hydrogen-bond donors (Lipinski definition) is 0. The summed E-state index contributed by atoms with van der Waals surface area (Å²) < 4.78 is 76.2. The largest absolute Gasteiger partial charge is 0.417 e. The van der Waals surface area contributed by atoms with E-state index in [1.807, 2.05) is 0 Å². The van der Waals surface area contributed by atoms with Crippen molar-refractivity contribution in [3.05, 3.63) is 59.7 Å². The Morgan fingerprint density at radius 1 is 0.550 bits per heavy atom. The summed E-state index contributed by atoms with van der Waals surface area (Å²) in [5, 5.41) is 0. The van der Waals surface area contributed by atoms with E-state index in [1.54, 1.807) is 18.2 Å². The molecule has 0 aliphatic heterocycles. The van der Waals surface area contributed by atoms with E-state index in [-0.39, 0.29) is 5.56 Å². The van der Waals surface area contributed by atoms with E-state index < -0.39 is 23.5 Å². The fourth-order valence-electron chi connectivity index (χ4n) is 1.84. The molecule has 106 valence electrons. The van der Waals surface area contributed by atoms with Crippen LogP contribution in [-0.4, -0.2) is 0 Å². The van der Waals surface area contributed by atoms with E-state index in [2.05, 4.69) is 0 Å². The molecule has 0 aliphatic carbocycles. The van der Waals surface area contributed by atoms with E-state index in [0.717, 1.165) is 6.07 Å². The molecule has 0 nitrogen and oxygen atoms in total. The van der Waals surface area contributed by atoms with Gasteiger partial charge < -0.3 is 0 Å².